The summed E-state index contributed by atoms with van der Waals surface area (Å²) < 4.78 is 5.34. The van der Waals surface area contributed by atoms with Crippen LogP contribution in [0.25, 0.3) is 0 Å². The minimum absolute atomic E-state index is 0.117. The minimum atomic E-state index is -0.817. The van der Waals surface area contributed by atoms with Crippen molar-refractivity contribution in [2.24, 2.45) is 0 Å². The Balaban J connectivity index is 1.80. The number of anilines is 2. The molecule has 0 radical (unpaired) electrons. The van der Waals surface area contributed by atoms with E-state index in [1.165, 1.54) is 18.3 Å². The van der Waals surface area contributed by atoms with Crippen molar-refractivity contribution < 1.29 is 24.0 Å². The number of halogens is 1. The second-order valence-electron chi connectivity index (χ2n) is 6.37. The van der Waals surface area contributed by atoms with Gasteiger partial charge in [-0.3, -0.25) is 19.7 Å². The molecule has 2 aromatic carbocycles. The van der Waals surface area contributed by atoms with Crippen LogP contribution in [0.2, 0.25) is 0 Å². The minimum Gasteiger partial charge on any atom is -0.465 e. The smallest absolute Gasteiger partial charge is 0.338 e. The summed E-state index contributed by atoms with van der Waals surface area (Å²) in [6.45, 7) is 0. The molecule has 0 saturated carbocycles. The lowest BCUT2D eigenvalue weighted by Crippen LogP contribution is -2.16. The third-order valence-electron chi connectivity index (χ3n) is 4.16. The van der Waals surface area contributed by atoms with Gasteiger partial charge in [0.25, 0.3) is 17.5 Å². The van der Waals surface area contributed by atoms with Crippen LogP contribution in [0.15, 0.2) is 65.3 Å². The van der Waals surface area contributed by atoms with Crippen molar-refractivity contribution >= 4 is 50.9 Å². The Kier molecular flexibility index (Phi) is 6.90. The SMILES string of the molecule is COC(=O)c1cc(C(=O)Nc2cccc(C(=O)Nc3ccc(Br)cn3)c2)cc([N+](=O)[O-])c1. The summed E-state index contributed by atoms with van der Waals surface area (Å²) in [7, 11) is 1.13. The van der Waals surface area contributed by atoms with Crippen LogP contribution in [-0.4, -0.2) is 34.8 Å². The Hall–Kier alpha value is -4.12. The molecular weight excluding hydrogens is 484 g/mol. The normalized spacial score (nSPS) is 10.2. The monoisotopic (exact) mass is 498 g/mol. The quantitative estimate of drug-likeness (QED) is 0.296. The molecule has 0 atom stereocenters. The number of pyridine rings is 1. The maximum absolute atomic E-state index is 12.7. The number of non-ortho nitro benzene ring substituents is 1. The van der Waals surface area contributed by atoms with Crippen LogP contribution in [0.1, 0.15) is 31.1 Å². The van der Waals surface area contributed by atoms with Gasteiger partial charge >= 0.3 is 5.97 Å². The van der Waals surface area contributed by atoms with Crippen LogP contribution in [-0.2, 0) is 4.74 Å². The van der Waals surface area contributed by atoms with Crippen LogP contribution in [0.5, 0.6) is 0 Å². The maximum Gasteiger partial charge on any atom is 0.338 e. The van der Waals surface area contributed by atoms with E-state index < -0.39 is 28.4 Å². The second kappa shape index (κ2) is 9.79. The van der Waals surface area contributed by atoms with Gasteiger partial charge in [0.1, 0.15) is 5.82 Å². The molecule has 3 aromatic rings. The molecule has 11 heteroatoms. The van der Waals surface area contributed by atoms with Gasteiger partial charge in [0.05, 0.1) is 17.6 Å². The third kappa shape index (κ3) is 5.52. The van der Waals surface area contributed by atoms with E-state index in [4.69, 9.17) is 0 Å². The Morgan fingerprint density at radius 1 is 0.969 bits per heavy atom. The highest BCUT2D eigenvalue weighted by atomic mass is 79.9. The zero-order valence-electron chi connectivity index (χ0n) is 16.5. The number of rotatable bonds is 6. The fraction of sp³-hybridized carbons (Fsp3) is 0.0476. The number of carbonyl (C=O) groups excluding carboxylic acids is 3. The van der Waals surface area contributed by atoms with Crippen LogP contribution in [0.4, 0.5) is 17.2 Å². The topological polar surface area (TPSA) is 141 Å². The van der Waals surface area contributed by atoms with E-state index >= 15 is 0 Å². The standard InChI is InChI=1S/C21H15BrN4O6/c1-32-21(29)14-7-13(9-17(10-14)26(30)31)20(28)24-16-4-2-3-12(8-16)19(27)25-18-6-5-15(22)11-23-18/h2-11H,1H3,(H,24,28)(H,23,25,27). The predicted octanol–water partition coefficient (Wildman–Crippen LogP) is 4.04. The van der Waals surface area contributed by atoms with Crippen molar-refractivity contribution in [1.82, 2.24) is 4.98 Å². The molecule has 162 valence electrons. The molecule has 2 N–H and O–H groups in total. The Morgan fingerprint density at radius 2 is 1.69 bits per heavy atom. The number of nitrogens with zero attached hydrogens (tertiary/aromatic N) is 2. The molecule has 1 heterocycles. The van der Waals surface area contributed by atoms with E-state index in [9.17, 15) is 24.5 Å². The molecule has 0 fully saturated rings. The van der Waals surface area contributed by atoms with Crippen molar-refractivity contribution in [1.29, 1.82) is 0 Å². The number of ether oxygens (including phenoxy) is 1. The van der Waals surface area contributed by atoms with Crippen molar-refractivity contribution in [3.63, 3.8) is 0 Å². The molecule has 2 amide bonds. The van der Waals surface area contributed by atoms with Gasteiger partial charge in [0.2, 0.25) is 0 Å². The summed E-state index contributed by atoms with van der Waals surface area (Å²) in [4.78, 5) is 51.4. The summed E-state index contributed by atoms with van der Waals surface area (Å²) >= 11 is 3.26. The molecule has 3 rings (SSSR count). The largest absolute Gasteiger partial charge is 0.465 e. The van der Waals surface area contributed by atoms with Crippen molar-refractivity contribution in [3.8, 4) is 0 Å². The van der Waals surface area contributed by atoms with Gasteiger partial charge in [0.15, 0.2) is 0 Å². The Bertz CT molecular complexity index is 1210. The van der Waals surface area contributed by atoms with Gasteiger partial charge in [-0.05, 0) is 52.3 Å². The summed E-state index contributed by atoms with van der Waals surface area (Å²) in [6, 6.07) is 12.7. The first-order chi connectivity index (χ1) is 15.3. The highest BCUT2D eigenvalue weighted by Crippen LogP contribution is 2.20. The van der Waals surface area contributed by atoms with Gasteiger partial charge in [0, 0.05) is 39.6 Å². The summed E-state index contributed by atoms with van der Waals surface area (Å²) in [5.74, 6) is -1.62. The van der Waals surface area contributed by atoms with Gasteiger partial charge in [-0.2, -0.15) is 0 Å². The molecule has 1 aromatic heterocycles. The number of hydrogen-bond donors (Lipinski definition) is 2. The Labute approximate surface area is 189 Å². The number of hydrogen-bond acceptors (Lipinski definition) is 7. The fourth-order valence-electron chi connectivity index (χ4n) is 2.66. The molecule has 0 aliphatic carbocycles. The summed E-state index contributed by atoms with van der Waals surface area (Å²) in [5, 5.41) is 16.3. The van der Waals surface area contributed by atoms with Crippen molar-refractivity contribution in [2.75, 3.05) is 17.7 Å². The number of nitro benzene ring substituents is 1. The molecule has 0 bridgehead atoms. The van der Waals surface area contributed by atoms with Gasteiger partial charge < -0.3 is 15.4 Å². The van der Waals surface area contributed by atoms with Gasteiger partial charge in [-0.25, -0.2) is 9.78 Å². The first kappa shape index (κ1) is 22.6. The molecule has 0 saturated heterocycles. The molecular formula is C21H15BrN4O6. The van der Waals surface area contributed by atoms with E-state index in [1.54, 1.807) is 30.3 Å². The van der Waals surface area contributed by atoms with Crippen LogP contribution in [0.3, 0.4) is 0 Å². The highest BCUT2D eigenvalue weighted by Gasteiger charge is 2.19. The second-order valence-corrected chi connectivity index (χ2v) is 7.28. The zero-order valence-corrected chi connectivity index (χ0v) is 18.1. The van der Waals surface area contributed by atoms with E-state index in [2.05, 4.69) is 36.3 Å². The molecule has 0 spiro atoms. The molecule has 0 aliphatic heterocycles. The summed E-state index contributed by atoms with van der Waals surface area (Å²) in [5.41, 5.74) is -0.164. The molecule has 10 nitrogen and oxygen atoms in total. The number of benzene rings is 2. The number of amides is 2. The summed E-state index contributed by atoms with van der Waals surface area (Å²) in [6.07, 6.45) is 1.54. The van der Waals surface area contributed by atoms with E-state index in [-0.39, 0.29) is 22.4 Å². The number of esters is 1. The number of methoxy groups -OCH3 is 1. The van der Waals surface area contributed by atoms with Crippen LogP contribution < -0.4 is 10.6 Å². The predicted molar refractivity (Wildman–Crippen MR) is 119 cm³/mol. The van der Waals surface area contributed by atoms with E-state index in [1.807, 2.05) is 0 Å². The fourth-order valence-corrected chi connectivity index (χ4v) is 2.90. The first-order valence-corrected chi connectivity index (χ1v) is 9.78. The van der Waals surface area contributed by atoms with Gasteiger partial charge in [-0.1, -0.05) is 6.07 Å². The maximum atomic E-state index is 12.7. The average molecular weight is 499 g/mol. The lowest BCUT2D eigenvalue weighted by molar-refractivity contribution is -0.384. The van der Waals surface area contributed by atoms with Crippen molar-refractivity contribution in [2.45, 2.75) is 0 Å². The van der Waals surface area contributed by atoms with Crippen LogP contribution >= 0.6 is 15.9 Å². The number of carbonyl (C=O) groups is 3. The van der Waals surface area contributed by atoms with Crippen molar-refractivity contribution in [3.05, 3.63) is 92.1 Å². The zero-order chi connectivity index (χ0) is 23.3. The average Bonchev–Trinajstić information content (AvgIpc) is 2.79. The number of aromatic nitrogens is 1. The molecule has 32 heavy (non-hydrogen) atoms. The van der Waals surface area contributed by atoms with Crippen LogP contribution in [0, 0.1) is 10.1 Å². The highest BCUT2D eigenvalue weighted by molar-refractivity contribution is 9.10. The van der Waals surface area contributed by atoms with E-state index in [0.717, 1.165) is 23.7 Å². The lowest BCUT2D eigenvalue weighted by atomic mass is 10.1. The number of nitrogens with one attached hydrogen (secondary N) is 2. The van der Waals surface area contributed by atoms with E-state index in [0.29, 0.717) is 5.82 Å². The molecule has 0 aliphatic rings. The molecule has 0 unspecified atom stereocenters. The lowest BCUT2D eigenvalue weighted by Gasteiger charge is -2.09. The van der Waals surface area contributed by atoms with Gasteiger partial charge in [-0.15, -0.1) is 0 Å². The number of nitro groups is 1. The Morgan fingerprint density at radius 3 is 2.34 bits per heavy atom. The first-order valence-electron chi connectivity index (χ1n) is 8.99. The third-order valence-corrected chi connectivity index (χ3v) is 4.63.